The van der Waals surface area contributed by atoms with E-state index in [2.05, 4.69) is 15.6 Å². The maximum atomic E-state index is 11.5. The monoisotopic (exact) mass is 281 g/mol. The first-order valence-corrected chi connectivity index (χ1v) is 6.31. The molecule has 1 amide bonds. The lowest BCUT2D eigenvalue weighted by Gasteiger charge is -2.08. The Morgan fingerprint density at radius 1 is 1.50 bits per heavy atom. The molecule has 0 aliphatic heterocycles. The third kappa shape index (κ3) is 5.51. The summed E-state index contributed by atoms with van der Waals surface area (Å²) in [6.45, 7) is 4.97. The van der Waals surface area contributed by atoms with Crippen molar-refractivity contribution in [2.75, 3.05) is 24.1 Å². The van der Waals surface area contributed by atoms with Crippen molar-refractivity contribution in [3.05, 3.63) is 22.2 Å². The molecule has 0 saturated heterocycles. The lowest BCUT2D eigenvalue weighted by Crippen LogP contribution is -2.28. The van der Waals surface area contributed by atoms with E-state index in [-0.39, 0.29) is 29.7 Å². The van der Waals surface area contributed by atoms with Crippen molar-refractivity contribution in [1.29, 1.82) is 0 Å². The Morgan fingerprint density at radius 2 is 2.20 bits per heavy atom. The molecule has 0 bridgehead atoms. The SMILES string of the molecule is CC(C)CNC(=O)CCNc1cc([N+](=O)[O-])cc(N)n1. The summed E-state index contributed by atoms with van der Waals surface area (Å²) in [5.74, 6) is 0.661. The van der Waals surface area contributed by atoms with Gasteiger partial charge in [-0.3, -0.25) is 14.9 Å². The van der Waals surface area contributed by atoms with Crippen LogP contribution >= 0.6 is 0 Å². The van der Waals surface area contributed by atoms with Gasteiger partial charge in [-0.1, -0.05) is 13.8 Å². The lowest BCUT2D eigenvalue weighted by molar-refractivity contribution is -0.384. The Morgan fingerprint density at radius 3 is 2.80 bits per heavy atom. The number of nitro groups is 1. The third-order valence-corrected chi connectivity index (χ3v) is 2.41. The number of anilines is 2. The van der Waals surface area contributed by atoms with Crippen LogP contribution < -0.4 is 16.4 Å². The molecule has 1 rings (SSSR count). The maximum absolute atomic E-state index is 11.5. The van der Waals surface area contributed by atoms with Gasteiger partial charge >= 0.3 is 0 Å². The molecule has 1 heterocycles. The van der Waals surface area contributed by atoms with Gasteiger partial charge in [0.25, 0.3) is 5.69 Å². The molecule has 0 aliphatic rings. The Hall–Kier alpha value is -2.38. The van der Waals surface area contributed by atoms with Gasteiger partial charge in [-0.2, -0.15) is 0 Å². The van der Waals surface area contributed by atoms with E-state index < -0.39 is 4.92 Å². The minimum atomic E-state index is -0.543. The summed E-state index contributed by atoms with van der Waals surface area (Å²) < 4.78 is 0. The lowest BCUT2D eigenvalue weighted by atomic mass is 10.2. The van der Waals surface area contributed by atoms with Crippen LogP contribution in [0.2, 0.25) is 0 Å². The molecule has 1 aromatic heterocycles. The normalized spacial score (nSPS) is 10.3. The predicted octanol–water partition coefficient (Wildman–Crippen LogP) is 1.15. The van der Waals surface area contributed by atoms with Crippen molar-refractivity contribution in [1.82, 2.24) is 10.3 Å². The molecule has 0 saturated carbocycles. The molecule has 0 unspecified atom stereocenters. The number of aromatic nitrogens is 1. The highest BCUT2D eigenvalue weighted by atomic mass is 16.6. The van der Waals surface area contributed by atoms with Crippen molar-refractivity contribution in [2.45, 2.75) is 20.3 Å². The second-order valence-electron chi connectivity index (χ2n) is 4.77. The topological polar surface area (TPSA) is 123 Å². The van der Waals surface area contributed by atoms with Gasteiger partial charge in [0.1, 0.15) is 11.6 Å². The molecule has 8 heteroatoms. The molecule has 0 aromatic carbocycles. The summed E-state index contributed by atoms with van der Waals surface area (Å²) in [5, 5.41) is 16.3. The van der Waals surface area contributed by atoms with Gasteiger partial charge in [-0.15, -0.1) is 0 Å². The van der Waals surface area contributed by atoms with Crippen molar-refractivity contribution in [2.24, 2.45) is 5.92 Å². The molecular formula is C12H19N5O3. The smallest absolute Gasteiger partial charge is 0.276 e. The van der Waals surface area contributed by atoms with E-state index in [1.807, 2.05) is 13.8 Å². The van der Waals surface area contributed by atoms with E-state index in [1.54, 1.807) is 0 Å². The predicted molar refractivity (Wildman–Crippen MR) is 76.3 cm³/mol. The number of carbonyl (C=O) groups excluding carboxylic acids is 1. The van der Waals surface area contributed by atoms with Gasteiger partial charge in [0.05, 0.1) is 17.1 Å². The number of pyridine rings is 1. The Bertz CT molecular complexity index is 490. The molecule has 1 aromatic rings. The first-order valence-electron chi connectivity index (χ1n) is 6.31. The number of nitrogens with zero attached hydrogens (tertiary/aromatic N) is 2. The number of hydrogen-bond donors (Lipinski definition) is 3. The molecule has 0 radical (unpaired) electrons. The standard InChI is InChI=1S/C12H19N5O3/c1-8(2)7-15-12(18)3-4-14-11-6-9(17(19)20)5-10(13)16-11/h5-6,8H,3-4,7H2,1-2H3,(H,15,18)(H3,13,14,16). The van der Waals surface area contributed by atoms with Crippen LogP contribution in [-0.4, -0.2) is 28.9 Å². The van der Waals surface area contributed by atoms with Crippen molar-refractivity contribution in [3.8, 4) is 0 Å². The second kappa shape index (κ2) is 7.27. The van der Waals surface area contributed by atoms with Crippen LogP contribution in [0, 0.1) is 16.0 Å². The quantitative estimate of drug-likeness (QED) is 0.508. The Kier molecular flexibility index (Phi) is 5.70. The minimum absolute atomic E-state index is 0.0611. The van der Waals surface area contributed by atoms with E-state index in [0.29, 0.717) is 19.0 Å². The number of rotatable bonds is 7. The van der Waals surface area contributed by atoms with Crippen molar-refractivity contribution >= 4 is 23.2 Å². The number of hydrogen-bond acceptors (Lipinski definition) is 6. The number of nitrogen functional groups attached to an aromatic ring is 1. The molecule has 4 N–H and O–H groups in total. The molecule has 110 valence electrons. The highest BCUT2D eigenvalue weighted by molar-refractivity contribution is 5.76. The van der Waals surface area contributed by atoms with E-state index in [4.69, 9.17) is 5.73 Å². The highest BCUT2D eigenvalue weighted by Crippen LogP contribution is 2.18. The van der Waals surface area contributed by atoms with Crippen LogP contribution in [0.25, 0.3) is 0 Å². The van der Waals surface area contributed by atoms with Gasteiger partial charge < -0.3 is 16.4 Å². The maximum Gasteiger partial charge on any atom is 0.276 e. The Labute approximate surface area is 116 Å². The van der Waals surface area contributed by atoms with Crippen molar-refractivity contribution in [3.63, 3.8) is 0 Å². The molecule has 20 heavy (non-hydrogen) atoms. The molecule has 0 aliphatic carbocycles. The van der Waals surface area contributed by atoms with Crippen LogP contribution in [0.15, 0.2) is 12.1 Å². The molecule has 0 fully saturated rings. The average Bonchev–Trinajstić information content (AvgIpc) is 2.35. The van der Waals surface area contributed by atoms with Crippen LogP contribution in [-0.2, 0) is 4.79 Å². The van der Waals surface area contributed by atoms with Gasteiger partial charge in [0.2, 0.25) is 5.91 Å². The van der Waals surface area contributed by atoms with Gasteiger partial charge in [-0.05, 0) is 5.92 Å². The van der Waals surface area contributed by atoms with E-state index in [1.165, 1.54) is 12.1 Å². The molecule has 0 atom stereocenters. The fourth-order valence-corrected chi connectivity index (χ4v) is 1.44. The zero-order valence-corrected chi connectivity index (χ0v) is 11.5. The average molecular weight is 281 g/mol. The molecular weight excluding hydrogens is 262 g/mol. The summed E-state index contributed by atoms with van der Waals surface area (Å²) in [7, 11) is 0. The summed E-state index contributed by atoms with van der Waals surface area (Å²) in [6.07, 6.45) is 0.261. The number of carbonyl (C=O) groups is 1. The minimum Gasteiger partial charge on any atom is -0.383 e. The van der Waals surface area contributed by atoms with E-state index in [0.717, 1.165) is 0 Å². The molecule has 8 nitrogen and oxygen atoms in total. The largest absolute Gasteiger partial charge is 0.383 e. The van der Waals surface area contributed by atoms with Crippen LogP contribution in [0.1, 0.15) is 20.3 Å². The summed E-state index contributed by atoms with van der Waals surface area (Å²) in [6, 6.07) is 2.46. The zero-order valence-electron chi connectivity index (χ0n) is 11.5. The second-order valence-corrected chi connectivity index (χ2v) is 4.77. The van der Waals surface area contributed by atoms with Crippen LogP contribution in [0.3, 0.4) is 0 Å². The fraction of sp³-hybridized carbons (Fsp3) is 0.500. The van der Waals surface area contributed by atoms with Crippen LogP contribution in [0.4, 0.5) is 17.3 Å². The summed E-state index contributed by atoms with van der Waals surface area (Å²) in [5.41, 5.74) is 5.34. The number of nitrogens with one attached hydrogen (secondary N) is 2. The third-order valence-electron chi connectivity index (χ3n) is 2.41. The van der Waals surface area contributed by atoms with Crippen molar-refractivity contribution < 1.29 is 9.72 Å². The summed E-state index contributed by atoms with van der Waals surface area (Å²) >= 11 is 0. The zero-order chi connectivity index (χ0) is 15.1. The fourth-order valence-electron chi connectivity index (χ4n) is 1.44. The van der Waals surface area contributed by atoms with Gasteiger partial charge in [-0.25, -0.2) is 4.98 Å². The van der Waals surface area contributed by atoms with E-state index >= 15 is 0 Å². The highest BCUT2D eigenvalue weighted by Gasteiger charge is 2.10. The Balaban J connectivity index is 2.46. The van der Waals surface area contributed by atoms with Crippen LogP contribution in [0.5, 0.6) is 0 Å². The molecule has 0 spiro atoms. The number of nitrogens with two attached hydrogens (primary N) is 1. The van der Waals surface area contributed by atoms with E-state index in [9.17, 15) is 14.9 Å². The summed E-state index contributed by atoms with van der Waals surface area (Å²) in [4.78, 5) is 25.5. The first kappa shape index (κ1) is 15.7. The number of amides is 1. The first-order chi connectivity index (χ1) is 9.38. The van der Waals surface area contributed by atoms with Gasteiger partial charge in [0, 0.05) is 19.5 Å². The van der Waals surface area contributed by atoms with Gasteiger partial charge in [0.15, 0.2) is 0 Å².